The Kier molecular flexibility index (Phi) is 3.31. The molecule has 2 aromatic rings. The molecule has 1 aliphatic heterocycles. The molecule has 5 heteroatoms. The van der Waals surface area contributed by atoms with Crippen LogP contribution in [0, 0.1) is 0 Å². The molecule has 1 fully saturated rings. The van der Waals surface area contributed by atoms with Crippen LogP contribution in [0.5, 0.6) is 0 Å². The van der Waals surface area contributed by atoms with Crippen molar-refractivity contribution in [3.8, 4) is 0 Å². The third-order valence-electron chi connectivity index (χ3n) is 3.66. The molecule has 0 saturated carbocycles. The zero-order valence-corrected chi connectivity index (χ0v) is 10.8. The van der Waals surface area contributed by atoms with Gasteiger partial charge in [-0.15, -0.1) is 0 Å². The highest BCUT2D eigenvalue weighted by molar-refractivity contribution is 5.15. The van der Waals surface area contributed by atoms with Crippen LogP contribution in [0.3, 0.4) is 0 Å². The van der Waals surface area contributed by atoms with Gasteiger partial charge in [-0.2, -0.15) is 4.98 Å². The van der Waals surface area contributed by atoms with Crippen LogP contribution in [-0.2, 0) is 12.1 Å². The molecule has 19 heavy (non-hydrogen) atoms. The lowest BCUT2D eigenvalue weighted by Gasteiger charge is -2.38. The lowest BCUT2D eigenvalue weighted by atomic mass is 9.89. The number of aromatic nitrogens is 2. The summed E-state index contributed by atoms with van der Waals surface area (Å²) in [7, 11) is 0. The Morgan fingerprint density at radius 2 is 2.16 bits per heavy atom. The molecule has 0 aliphatic carbocycles. The van der Waals surface area contributed by atoms with Gasteiger partial charge in [0.2, 0.25) is 6.39 Å². The number of benzene rings is 1. The molecule has 1 saturated heterocycles. The molecule has 3 rings (SSSR count). The highest BCUT2D eigenvalue weighted by Crippen LogP contribution is 2.27. The average Bonchev–Trinajstić information content (AvgIpc) is 2.95. The fourth-order valence-corrected chi connectivity index (χ4v) is 2.72. The minimum atomic E-state index is -0.486. The molecule has 0 spiro atoms. The van der Waals surface area contributed by atoms with Crippen LogP contribution >= 0.6 is 0 Å². The number of nitrogens with two attached hydrogens (primary N) is 1. The Labute approximate surface area is 112 Å². The molecule has 0 radical (unpaired) electrons. The van der Waals surface area contributed by atoms with Crippen molar-refractivity contribution < 1.29 is 4.52 Å². The van der Waals surface area contributed by atoms with Crippen molar-refractivity contribution in [3.63, 3.8) is 0 Å². The van der Waals surface area contributed by atoms with Gasteiger partial charge >= 0.3 is 0 Å². The standard InChI is InChI=1S/C14H18N4O/c15-14(13-16-11-19-17-13)7-4-8-18(10-14)9-12-5-2-1-3-6-12/h1-3,5-6,11H,4,7-10,15H2. The fourth-order valence-electron chi connectivity index (χ4n) is 2.72. The number of nitrogens with zero attached hydrogens (tertiary/aromatic N) is 3. The molecule has 1 aromatic carbocycles. The molecule has 5 nitrogen and oxygen atoms in total. The molecule has 2 N–H and O–H groups in total. The van der Waals surface area contributed by atoms with E-state index in [4.69, 9.17) is 10.3 Å². The summed E-state index contributed by atoms with van der Waals surface area (Å²) in [6.07, 6.45) is 3.30. The fraction of sp³-hybridized carbons (Fsp3) is 0.429. The van der Waals surface area contributed by atoms with Crippen molar-refractivity contribution in [1.82, 2.24) is 15.0 Å². The first-order valence-corrected chi connectivity index (χ1v) is 6.58. The largest absolute Gasteiger partial charge is 0.343 e. The molecule has 100 valence electrons. The Morgan fingerprint density at radius 3 is 2.89 bits per heavy atom. The van der Waals surface area contributed by atoms with Crippen LogP contribution in [-0.4, -0.2) is 28.1 Å². The summed E-state index contributed by atoms with van der Waals surface area (Å²) in [6.45, 7) is 2.74. The van der Waals surface area contributed by atoms with Gasteiger partial charge in [0, 0.05) is 13.1 Å². The van der Waals surface area contributed by atoms with Crippen LogP contribution in [0.25, 0.3) is 0 Å². The number of likely N-dealkylation sites (tertiary alicyclic amines) is 1. The van der Waals surface area contributed by atoms with E-state index in [1.165, 1.54) is 12.0 Å². The molecule has 0 bridgehead atoms. The molecule has 2 heterocycles. The topological polar surface area (TPSA) is 68.2 Å². The second kappa shape index (κ2) is 5.11. The quantitative estimate of drug-likeness (QED) is 0.904. The molecule has 1 atom stereocenters. The molecule has 1 unspecified atom stereocenters. The maximum absolute atomic E-state index is 6.44. The predicted octanol–water partition coefficient (Wildman–Crippen LogP) is 1.52. The molecular weight excluding hydrogens is 240 g/mol. The molecule has 1 aliphatic rings. The SMILES string of the molecule is NC1(c2ncon2)CCCN(Cc2ccccc2)C1. The molecule has 0 amide bonds. The first kappa shape index (κ1) is 12.3. The lowest BCUT2D eigenvalue weighted by Crippen LogP contribution is -2.52. The number of hydrogen-bond acceptors (Lipinski definition) is 5. The van der Waals surface area contributed by atoms with Crippen LogP contribution in [0.4, 0.5) is 0 Å². The van der Waals surface area contributed by atoms with E-state index in [0.29, 0.717) is 5.82 Å². The number of piperidine rings is 1. The van der Waals surface area contributed by atoms with Gasteiger partial charge in [-0.1, -0.05) is 35.5 Å². The minimum absolute atomic E-state index is 0.486. The summed E-state index contributed by atoms with van der Waals surface area (Å²) < 4.78 is 4.83. The van der Waals surface area contributed by atoms with Gasteiger partial charge in [0.25, 0.3) is 0 Å². The predicted molar refractivity (Wildman–Crippen MR) is 71.1 cm³/mol. The van der Waals surface area contributed by atoms with E-state index in [-0.39, 0.29) is 0 Å². The lowest BCUT2D eigenvalue weighted by molar-refractivity contribution is 0.134. The normalized spacial score (nSPS) is 24.5. The molecule has 1 aromatic heterocycles. The number of hydrogen-bond donors (Lipinski definition) is 1. The first-order valence-electron chi connectivity index (χ1n) is 6.58. The molecular formula is C14H18N4O. The maximum Gasteiger partial charge on any atom is 0.213 e. The van der Waals surface area contributed by atoms with Crippen molar-refractivity contribution in [2.75, 3.05) is 13.1 Å². The zero-order chi connectivity index (χ0) is 13.1. The Hall–Kier alpha value is -1.72. The number of rotatable bonds is 3. The van der Waals surface area contributed by atoms with Crippen molar-refractivity contribution in [2.45, 2.75) is 24.9 Å². The third-order valence-corrected chi connectivity index (χ3v) is 3.66. The highest BCUT2D eigenvalue weighted by atomic mass is 16.5. The highest BCUT2D eigenvalue weighted by Gasteiger charge is 2.36. The van der Waals surface area contributed by atoms with E-state index >= 15 is 0 Å². The van der Waals surface area contributed by atoms with Crippen LogP contribution in [0.1, 0.15) is 24.2 Å². The second-order valence-electron chi connectivity index (χ2n) is 5.21. The van der Waals surface area contributed by atoms with E-state index in [1.807, 2.05) is 6.07 Å². The van der Waals surface area contributed by atoms with Gasteiger partial charge in [0.05, 0.1) is 5.54 Å². The van der Waals surface area contributed by atoms with Gasteiger partial charge in [0.15, 0.2) is 5.82 Å². The summed E-state index contributed by atoms with van der Waals surface area (Å²) in [4.78, 5) is 6.48. The Bertz CT molecular complexity index is 514. The van der Waals surface area contributed by atoms with Crippen molar-refractivity contribution in [2.24, 2.45) is 5.73 Å². The summed E-state index contributed by atoms with van der Waals surface area (Å²) in [6, 6.07) is 10.4. The van der Waals surface area contributed by atoms with E-state index in [9.17, 15) is 0 Å². The third kappa shape index (κ3) is 2.67. The van der Waals surface area contributed by atoms with Crippen LogP contribution < -0.4 is 5.73 Å². The van der Waals surface area contributed by atoms with Crippen LogP contribution in [0.15, 0.2) is 41.2 Å². The Balaban J connectivity index is 1.72. The summed E-state index contributed by atoms with van der Waals surface area (Å²) in [5, 5.41) is 3.92. The maximum atomic E-state index is 6.44. The Morgan fingerprint density at radius 1 is 1.32 bits per heavy atom. The van der Waals surface area contributed by atoms with Gasteiger partial charge in [-0.25, -0.2) is 0 Å². The van der Waals surface area contributed by atoms with E-state index in [2.05, 4.69) is 39.3 Å². The van der Waals surface area contributed by atoms with Gasteiger partial charge in [0.1, 0.15) is 0 Å². The van der Waals surface area contributed by atoms with Crippen molar-refractivity contribution >= 4 is 0 Å². The second-order valence-corrected chi connectivity index (χ2v) is 5.21. The first-order chi connectivity index (χ1) is 9.26. The average molecular weight is 258 g/mol. The van der Waals surface area contributed by atoms with Crippen molar-refractivity contribution in [1.29, 1.82) is 0 Å². The summed E-state index contributed by atoms with van der Waals surface area (Å²) >= 11 is 0. The van der Waals surface area contributed by atoms with Gasteiger partial charge in [-0.05, 0) is 24.9 Å². The van der Waals surface area contributed by atoms with E-state index in [1.54, 1.807) is 0 Å². The van der Waals surface area contributed by atoms with Gasteiger partial charge in [-0.3, -0.25) is 4.90 Å². The summed E-state index contributed by atoms with van der Waals surface area (Å²) in [5.74, 6) is 0.616. The van der Waals surface area contributed by atoms with E-state index < -0.39 is 5.54 Å². The van der Waals surface area contributed by atoms with E-state index in [0.717, 1.165) is 32.5 Å². The van der Waals surface area contributed by atoms with Crippen molar-refractivity contribution in [3.05, 3.63) is 48.1 Å². The zero-order valence-electron chi connectivity index (χ0n) is 10.8. The van der Waals surface area contributed by atoms with Gasteiger partial charge < -0.3 is 10.3 Å². The smallest absolute Gasteiger partial charge is 0.213 e. The minimum Gasteiger partial charge on any atom is -0.343 e. The monoisotopic (exact) mass is 258 g/mol. The van der Waals surface area contributed by atoms with Crippen LogP contribution in [0.2, 0.25) is 0 Å². The summed E-state index contributed by atoms with van der Waals surface area (Å²) in [5.41, 5.74) is 7.26.